The number of nitrogens with one attached hydrogen (secondary N) is 1. The minimum absolute atomic E-state index is 0.0188. The molecule has 0 saturated carbocycles. The number of carbonyl (C=O) groups excluding carboxylic acids is 1. The number of halogens is 1. The molecule has 1 heterocycles. The first-order chi connectivity index (χ1) is 17.0. The predicted octanol–water partition coefficient (Wildman–Crippen LogP) is 5.59. The van der Waals surface area contributed by atoms with Crippen LogP contribution in [0.4, 0.5) is 4.39 Å². The molecule has 0 fully saturated rings. The van der Waals surface area contributed by atoms with Crippen molar-refractivity contribution in [3.63, 3.8) is 0 Å². The van der Waals surface area contributed by atoms with Crippen LogP contribution in [-0.4, -0.2) is 47.4 Å². The number of Topliss-reactive ketones (excluding diaryl/α,β-unsaturated/α-hetero) is 1. The average molecular weight is 497 g/mol. The summed E-state index contributed by atoms with van der Waals surface area (Å²) in [7, 11) is 0. The van der Waals surface area contributed by atoms with Crippen molar-refractivity contribution in [3.05, 3.63) is 70.2 Å². The summed E-state index contributed by atoms with van der Waals surface area (Å²) >= 11 is 0. The van der Waals surface area contributed by atoms with E-state index in [4.69, 9.17) is 14.9 Å². The Morgan fingerprint density at radius 3 is 2.36 bits per heavy atom. The number of carbonyl (C=O) groups is 2. The molecule has 0 atom stereocenters. The summed E-state index contributed by atoms with van der Waals surface area (Å²) in [6.45, 7) is 9.65. The van der Waals surface area contributed by atoms with Crippen molar-refractivity contribution in [2.24, 2.45) is 0 Å². The van der Waals surface area contributed by atoms with Gasteiger partial charge >= 0.3 is 5.97 Å². The molecule has 7 nitrogen and oxygen atoms in total. The van der Waals surface area contributed by atoms with Crippen LogP contribution in [0.1, 0.15) is 78.4 Å². The van der Waals surface area contributed by atoms with Gasteiger partial charge in [-0.25, -0.2) is 9.18 Å². The van der Waals surface area contributed by atoms with Crippen LogP contribution in [0.15, 0.2) is 36.5 Å². The first-order valence-electron chi connectivity index (χ1n) is 12.0. The number of amidine groups is 1. The van der Waals surface area contributed by atoms with Crippen LogP contribution >= 0.6 is 0 Å². The van der Waals surface area contributed by atoms with Crippen molar-refractivity contribution < 1.29 is 28.6 Å². The number of aromatic carboxylic acids is 1. The number of ether oxygens (including phenoxy) is 2. The standard InChI is InChI=1S/C28H33FN2O5/c1-6-35-22-15-17-10-8-9-11-31(26(30)23(17)24(29)25(22)36-7-2)16-21(32)18-12-19(27(33)34)14-20(13-18)28(3,4)5/h9,11-15,30H,6-8,10,16H2,1-5H3,(H,33,34). The van der Waals surface area contributed by atoms with Gasteiger partial charge in [-0.15, -0.1) is 0 Å². The molecule has 36 heavy (non-hydrogen) atoms. The summed E-state index contributed by atoms with van der Waals surface area (Å²) in [5.41, 5.74) is 1.24. The van der Waals surface area contributed by atoms with Crippen LogP contribution in [-0.2, 0) is 11.8 Å². The largest absolute Gasteiger partial charge is 0.490 e. The summed E-state index contributed by atoms with van der Waals surface area (Å²) in [5.74, 6) is -2.15. The average Bonchev–Trinajstić information content (AvgIpc) is 2.81. The number of benzene rings is 2. The fourth-order valence-corrected chi connectivity index (χ4v) is 4.03. The number of nitrogens with zero attached hydrogens (tertiary/aromatic N) is 1. The van der Waals surface area contributed by atoms with E-state index >= 15 is 4.39 Å². The van der Waals surface area contributed by atoms with E-state index in [1.54, 1.807) is 38.2 Å². The Morgan fingerprint density at radius 1 is 1.08 bits per heavy atom. The summed E-state index contributed by atoms with van der Waals surface area (Å²) in [4.78, 5) is 26.4. The lowest BCUT2D eigenvalue weighted by atomic mass is 9.84. The van der Waals surface area contributed by atoms with Crippen molar-refractivity contribution in [2.75, 3.05) is 19.8 Å². The van der Waals surface area contributed by atoms with Gasteiger partial charge in [0, 0.05) is 11.8 Å². The molecule has 192 valence electrons. The van der Waals surface area contributed by atoms with Crippen molar-refractivity contribution in [1.82, 2.24) is 4.90 Å². The minimum Gasteiger partial charge on any atom is -0.490 e. The Morgan fingerprint density at radius 2 is 1.75 bits per heavy atom. The normalized spacial score (nSPS) is 13.6. The van der Waals surface area contributed by atoms with Gasteiger partial charge in [-0.3, -0.25) is 10.2 Å². The number of rotatable bonds is 8. The van der Waals surface area contributed by atoms with Crippen molar-refractivity contribution in [2.45, 2.75) is 52.9 Å². The summed E-state index contributed by atoms with van der Waals surface area (Å²) in [6.07, 6.45) is 4.50. The molecule has 0 spiro atoms. The summed E-state index contributed by atoms with van der Waals surface area (Å²) in [6, 6.07) is 6.29. The van der Waals surface area contributed by atoms with E-state index in [9.17, 15) is 14.7 Å². The smallest absolute Gasteiger partial charge is 0.335 e. The Balaban J connectivity index is 2.02. The third-order valence-electron chi connectivity index (χ3n) is 5.93. The second kappa shape index (κ2) is 10.9. The van der Waals surface area contributed by atoms with Gasteiger partial charge in [0.2, 0.25) is 0 Å². The molecule has 0 aliphatic carbocycles. The van der Waals surface area contributed by atoms with E-state index in [-0.39, 0.29) is 58.4 Å². The third kappa shape index (κ3) is 5.75. The van der Waals surface area contributed by atoms with Crippen LogP contribution in [0.25, 0.3) is 0 Å². The van der Waals surface area contributed by atoms with Crippen LogP contribution in [0.5, 0.6) is 11.5 Å². The number of hydrogen-bond donors (Lipinski definition) is 2. The molecule has 0 radical (unpaired) electrons. The maximum Gasteiger partial charge on any atom is 0.335 e. The Hall–Kier alpha value is -3.68. The highest BCUT2D eigenvalue weighted by molar-refractivity contribution is 6.05. The predicted molar refractivity (Wildman–Crippen MR) is 136 cm³/mol. The number of fused-ring (bicyclic) bond motifs is 1. The zero-order valence-electron chi connectivity index (χ0n) is 21.4. The van der Waals surface area contributed by atoms with Crippen LogP contribution in [0.2, 0.25) is 0 Å². The van der Waals surface area contributed by atoms with Gasteiger partial charge in [-0.2, -0.15) is 0 Å². The lowest BCUT2D eigenvalue weighted by molar-refractivity contribution is 0.0696. The monoisotopic (exact) mass is 496 g/mol. The van der Waals surface area contributed by atoms with Gasteiger partial charge in [-0.05, 0) is 67.5 Å². The van der Waals surface area contributed by atoms with Crippen molar-refractivity contribution >= 4 is 17.6 Å². The highest BCUT2D eigenvalue weighted by Crippen LogP contribution is 2.37. The highest BCUT2D eigenvalue weighted by Gasteiger charge is 2.28. The van der Waals surface area contributed by atoms with Gasteiger partial charge in [-0.1, -0.05) is 26.8 Å². The summed E-state index contributed by atoms with van der Waals surface area (Å²) in [5, 5.41) is 18.4. The van der Waals surface area contributed by atoms with E-state index in [0.29, 0.717) is 30.6 Å². The molecule has 2 N–H and O–H groups in total. The number of carboxylic acids is 1. The molecule has 1 aliphatic rings. The molecule has 2 aromatic carbocycles. The maximum absolute atomic E-state index is 15.7. The topological polar surface area (TPSA) is 99.9 Å². The molecule has 0 unspecified atom stereocenters. The van der Waals surface area contributed by atoms with Gasteiger partial charge in [0.05, 0.1) is 30.9 Å². The maximum atomic E-state index is 15.7. The number of carboxylic acid groups (broad SMARTS) is 1. The second-order valence-electron chi connectivity index (χ2n) is 9.60. The third-order valence-corrected chi connectivity index (χ3v) is 5.93. The fraction of sp³-hybridized carbons (Fsp3) is 0.393. The first-order valence-corrected chi connectivity index (χ1v) is 12.0. The molecular formula is C28H33FN2O5. The first kappa shape index (κ1) is 26.9. The van der Waals surface area contributed by atoms with Gasteiger partial charge in [0.1, 0.15) is 5.84 Å². The molecule has 0 aromatic heterocycles. The Labute approximate surface area is 211 Å². The van der Waals surface area contributed by atoms with E-state index in [1.165, 1.54) is 11.0 Å². The van der Waals surface area contributed by atoms with Gasteiger partial charge in [0.15, 0.2) is 23.1 Å². The number of hydrogen-bond acceptors (Lipinski definition) is 5. The minimum atomic E-state index is -1.13. The summed E-state index contributed by atoms with van der Waals surface area (Å²) < 4.78 is 26.8. The molecule has 1 aliphatic heterocycles. The number of allylic oxidation sites excluding steroid dienone is 1. The Kier molecular flexibility index (Phi) is 8.17. The Bertz CT molecular complexity index is 1210. The molecule has 0 amide bonds. The lowest BCUT2D eigenvalue weighted by Gasteiger charge is -2.26. The molecule has 2 aromatic rings. The molecule has 0 saturated heterocycles. The van der Waals surface area contributed by atoms with Crippen LogP contribution < -0.4 is 9.47 Å². The van der Waals surface area contributed by atoms with Crippen LogP contribution in [0, 0.1) is 11.2 Å². The molecule has 3 rings (SSSR count). The lowest BCUT2D eigenvalue weighted by Crippen LogP contribution is -2.33. The van der Waals surface area contributed by atoms with Crippen molar-refractivity contribution in [1.29, 1.82) is 5.41 Å². The van der Waals surface area contributed by atoms with E-state index in [1.807, 2.05) is 26.8 Å². The van der Waals surface area contributed by atoms with E-state index in [0.717, 1.165) is 0 Å². The van der Waals surface area contributed by atoms with Gasteiger partial charge < -0.3 is 19.5 Å². The van der Waals surface area contributed by atoms with Crippen LogP contribution in [0.3, 0.4) is 0 Å². The van der Waals surface area contributed by atoms with Crippen molar-refractivity contribution in [3.8, 4) is 11.5 Å². The highest BCUT2D eigenvalue weighted by atomic mass is 19.1. The fourth-order valence-electron chi connectivity index (χ4n) is 4.03. The zero-order chi connectivity index (χ0) is 26.6. The molecule has 0 bridgehead atoms. The number of aryl methyl sites for hydroxylation is 1. The quantitative estimate of drug-likeness (QED) is 0.462. The second-order valence-corrected chi connectivity index (χ2v) is 9.60. The number of ketones is 1. The SMILES string of the molecule is CCOc1cc2c(c(F)c1OCC)C(=N)N(CC(=O)c1cc(C(=O)O)cc(C(C)(C)C)c1)C=CCC2. The van der Waals surface area contributed by atoms with Gasteiger partial charge in [0.25, 0.3) is 0 Å². The van der Waals surface area contributed by atoms with E-state index in [2.05, 4.69) is 0 Å². The molecule has 8 heteroatoms. The zero-order valence-corrected chi connectivity index (χ0v) is 21.4. The van der Waals surface area contributed by atoms with E-state index < -0.39 is 11.8 Å². The molecular weight excluding hydrogens is 463 g/mol.